The van der Waals surface area contributed by atoms with E-state index in [0.29, 0.717) is 29.7 Å². The number of halogens is 2. The summed E-state index contributed by atoms with van der Waals surface area (Å²) in [6.07, 6.45) is 2.26. The van der Waals surface area contributed by atoms with E-state index in [1.807, 2.05) is 6.07 Å². The Morgan fingerprint density at radius 2 is 2.07 bits per heavy atom. The lowest BCUT2D eigenvalue weighted by atomic mass is 9.96. The van der Waals surface area contributed by atoms with Crippen molar-refractivity contribution in [3.05, 3.63) is 74.3 Å². The largest absolute Gasteiger partial charge is 0.480 e. The van der Waals surface area contributed by atoms with Crippen molar-refractivity contribution in [1.29, 1.82) is 0 Å². The van der Waals surface area contributed by atoms with Crippen LogP contribution in [-0.2, 0) is 17.8 Å². The zero-order valence-corrected chi connectivity index (χ0v) is 23.5. The molecule has 214 valence electrons. The first-order chi connectivity index (χ1) is 19.6. The van der Waals surface area contributed by atoms with Gasteiger partial charge in [-0.3, -0.25) is 19.7 Å². The number of carbonyl (C=O) groups is 3. The van der Waals surface area contributed by atoms with Gasteiger partial charge >= 0.3 is 5.97 Å². The summed E-state index contributed by atoms with van der Waals surface area (Å²) in [6.45, 7) is 8.81. The SMILES string of the molecule is [C-]#[N+]NC(C[C@H](C)CO)=NC[C@H](NC(=O)c1c(Cl)cc2c(c1Cl)CCN(C(=O)c1ccc3cn[nH]c3c1)C2)C(=O)O. The van der Waals surface area contributed by atoms with E-state index in [9.17, 15) is 24.6 Å². The predicted octanol–water partition coefficient (Wildman–Crippen LogP) is 3.09. The summed E-state index contributed by atoms with van der Waals surface area (Å²) >= 11 is 13.1. The number of aliphatic carboxylic acids is 1. The molecule has 2 amide bonds. The van der Waals surface area contributed by atoms with E-state index in [2.05, 4.69) is 30.9 Å². The fourth-order valence-electron chi connectivity index (χ4n) is 4.51. The first-order valence-electron chi connectivity index (χ1n) is 12.6. The first-order valence-corrected chi connectivity index (χ1v) is 13.4. The van der Waals surface area contributed by atoms with Gasteiger partial charge in [-0.2, -0.15) is 16.6 Å². The number of fused-ring (bicyclic) bond motifs is 2. The van der Waals surface area contributed by atoms with E-state index in [1.54, 1.807) is 36.2 Å². The van der Waals surface area contributed by atoms with Gasteiger partial charge in [0.2, 0.25) is 0 Å². The van der Waals surface area contributed by atoms with Crippen LogP contribution in [0.25, 0.3) is 15.9 Å². The molecule has 0 spiro atoms. The number of amidine groups is 1. The number of benzene rings is 2. The number of nitrogens with one attached hydrogen (secondary N) is 3. The Kier molecular flexibility index (Phi) is 9.44. The predicted molar refractivity (Wildman–Crippen MR) is 153 cm³/mol. The molecule has 0 saturated heterocycles. The van der Waals surface area contributed by atoms with E-state index in [-0.39, 0.29) is 59.4 Å². The topological polar surface area (TPSA) is 164 Å². The summed E-state index contributed by atoms with van der Waals surface area (Å²) in [7, 11) is 0. The van der Waals surface area contributed by atoms with Gasteiger partial charge < -0.3 is 20.4 Å². The highest BCUT2D eigenvalue weighted by molar-refractivity contribution is 6.40. The number of aromatic amines is 1. The normalized spacial score (nSPS) is 14.6. The highest BCUT2D eigenvalue weighted by atomic mass is 35.5. The number of hydrogen-bond donors (Lipinski definition) is 5. The Hall–Kier alpha value is -4.18. The van der Waals surface area contributed by atoms with Gasteiger partial charge in [0, 0.05) is 37.1 Å². The van der Waals surface area contributed by atoms with Crippen molar-refractivity contribution in [3.63, 3.8) is 0 Å². The third-order valence-electron chi connectivity index (χ3n) is 6.71. The van der Waals surface area contributed by atoms with Crippen molar-refractivity contribution in [2.75, 3.05) is 19.7 Å². The Morgan fingerprint density at radius 3 is 2.78 bits per heavy atom. The number of aliphatic imine (C=N–C) groups is 1. The lowest BCUT2D eigenvalue weighted by Crippen LogP contribution is -2.43. The van der Waals surface area contributed by atoms with E-state index in [1.165, 1.54) is 0 Å². The van der Waals surface area contributed by atoms with Crippen LogP contribution in [0, 0.1) is 12.5 Å². The quantitative estimate of drug-likeness (QED) is 0.109. The molecule has 0 bridgehead atoms. The van der Waals surface area contributed by atoms with Crippen LogP contribution in [0.3, 0.4) is 0 Å². The van der Waals surface area contributed by atoms with E-state index >= 15 is 0 Å². The molecule has 0 fully saturated rings. The van der Waals surface area contributed by atoms with Crippen molar-refractivity contribution < 1.29 is 24.6 Å². The molecule has 0 unspecified atom stereocenters. The molecule has 12 nitrogen and oxygen atoms in total. The number of aromatic nitrogens is 2. The van der Waals surface area contributed by atoms with Crippen LogP contribution in [0.4, 0.5) is 0 Å². The van der Waals surface area contributed by atoms with Crippen LogP contribution in [0.5, 0.6) is 0 Å². The number of carboxylic acid groups (broad SMARTS) is 1. The van der Waals surface area contributed by atoms with Crippen molar-refractivity contribution in [3.8, 4) is 0 Å². The zero-order valence-electron chi connectivity index (χ0n) is 21.9. The summed E-state index contributed by atoms with van der Waals surface area (Å²) in [6, 6.07) is 5.43. The van der Waals surface area contributed by atoms with Crippen molar-refractivity contribution in [2.45, 2.75) is 32.4 Å². The summed E-state index contributed by atoms with van der Waals surface area (Å²) in [5.41, 5.74) is 4.88. The minimum absolute atomic E-state index is 0.0131. The number of aliphatic hydroxyl groups excluding tert-OH is 1. The number of nitrogens with zero attached hydrogens (tertiary/aromatic N) is 4. The second-order valence-electron chi connectivity index (χ2n) is 9.70. The minimum atomic E-state index is -1.43. The molecule has 14 heteroatoms. The molecule has 1 aliphatic rings. The van der Waals surface area contributed by atoms with E-state index in [4.69, 9.17) is 29.8 Å². The van der Waals surface area contributed by atoms with Crippen molar-refractivity contribution in [1.82, 2.24) is 25.8 Å². The number of carboxylic acids is 1. The molecular formula is C27H27Cl2N7O5. The van der Waals surface area contributed by atoms with Gasteiger partial charge in [-0.1, -0.05) is 41.6 Å². The van der Waals surface area contributed by atoms with Crippen LogP contribution in [0.2, 0.25) is 10.0 Å². The van der Waals surface area contributed by atoms with Gasteiger partial charge in [-0.05, 0) is 41.7 Å². The number of amides is 2. The molecule has 1 aromatic heterocycles. The number of aliphatic hydroxyl groups is 1. The maximum atomic E-state index is 13.2. The average Bonchev–Trinajstić information content (AvgIpc) is 3.42. The van der Waals surface area contributed by atoms with Gasteiger partial charge in [0.05, 0.1) is 33.9 Å². The molecule has 0 aliphatic carbocycles. The Bertz CT molecular complexity index is 1570. The van der Waals surface area contributed by atoms with Gasteiger partial charge in [0.1, 0.15) is 6.04 Å². The minimum Gasteiger partial charge on any atom is -0.480 e. The second kappa shape index (κ2) is 13.0. The van der Waals surface area contributed by atoms with Crippen LogP contribution in [0.15, 0.2) is 35.5 Å². The zero-order chi connectivity index (χ0) is 29.7. The molecular weight excluding hydrogens is 573 g/mol. The van der Waals surface area contributed by atoms with Crippen molar-refractivity contribution in [2.24, 2.45) is 10.9 Å². The van der Waals surface area contributed by atoms with E-state index in [0.717, 1.165) is 10.9 Å². The lowest BCUT2D eigenvalue weighted by Gasteiger charge is -2.30. The van der Waals surface area contributed by atoms with Crippen LogP contribution < -0.4 is 10.7 Å². The second-order valence-corrected chi connectivity index (χ2v) is 10.5. The Balaban J connectivity index is 1.50. The van der Waals surface area contributed by atoms with Gasteiger partial charge in [-0.15, -0.1) is 0 Å². The molecule has 3 aromatic rings. The summed E-state index contributed by atoms with van der Waals surface area (Å²) in [5, 5.41) is 29.2. The standard InChI is InChI=1S/C27H27Cl2N7O5/c1-14(13-37)7-22(35-30-2)31-11-21(27(40)41)33-25(38)23-19(28)8-17-12-36(6-5-18(17)24(23)29)26(39)15-3-4-16-10-32-34-20(16)9-15/h3-4,8-10,14,21,37H,5-7,11-13H2,1H3,(H,31,35)(H,32,34)(H,33,38)(H,40,41)/t14-,21-/m0/s1. The summed E-state index contributed by atoms with van der Waals surface area (Å²) in [4.78, 5) is 47.1. The average molecular weight is 600 g/mol. The van der Waals surface area contributed by atoms with Crippen LogP contribution in [-0.4, -0.2) is 74.7 Å². The first kappa shape index (κ1) is 29.8. The van der Waals surface area contributed by atoms with Crippen LogP contribution in [0.1, 0.15) is 45.2 Å². The van der Waals surface area contributed by atoms with E-state index < -0.39 is 17.9 Å². The molecule has 5 N–H and O–H groups in total. The molecule has 0 radical (unpaired) electrons. The number of hydrogen-bond acceptors (Lipinski definition) is 6. The molecule has 0 saturated carbocycles. The molecule has 4 rings (SSSR count). The molecule has 2 aromatic carbocycles. The summed E-state index contributed by atoms with van der Waals surface area (Å²) < 4.78 is 0. The fourth-order valence-corrected chi connectivity index (χ4v) is 5.27. The van der Waals surface area contributed by atoms with Crippen LogP contribution >= 0.6 is 23.2 Å². The molecule has 2 heterocycles. The number of carbonyl (C=O) groups excluding carboxylic acids is 2. The lowest BCUT2D eigenvalue weighted by molar-refractivity contribution is -0.138. The number of rotatable bonds is 9. The molecule has 41 heavy (non-hydrogen) atoms. The molecule has 2 atom stereocenters. The monoisotopic (exact) mass is 599 g/mol. The molecule has 1 aliphatic heterocycles. The Morgan fingerprint density at radius 1 is 1.29 bits per heavy atom. The third kappa shape index (κ3) is 6.77. The fraction of sp³-hybridized carbons (Fsp3) is 0.333. The highest BCUT2D eigenvalue weighted by Crippen LogP contribution is 2.35. The van der Waals surface area contributed by atoms with Crippen molar-refractivity contribution >= 4 is 57.7 Å². The number of H-pyrrole nitrogens is 1. The highest BCUT2D eigenvalue weighted by Gasteiger charge is 2.30. The summed E-state index contributed by atoms with van der Waals surface area (Å²) in [5.74, 6) is -2.32. The van der Waals surface area contributed by atoms with Gasteiger partial charge in [0.25, 0.3) is 11.8 Å². The third-order valence-corrected chi connectivity index (χ3v) is 7.43. The maximum absolute atomic E-state index is 13.2. The smallest absolute Gasteiger partial charge is 0.328 e. The van der Waals surface area contributed by atoms with Gasteiger partial charge in [0.15, 0.2) is 5.84 Å². The Labute approximate surface area is 245 Å². The van der Waals surface area contributed by atoms with Gasteiger partial charge in [-0.25, -0.2) is 4.79 Å². The maximum Gasteiger partial charge on any atom is 0.328 e.